The van der Waals surface area contributed by atoms with Crippen molar-refractivity contribution in [2.45, 2.75) is 48.2 Å². The number of thioether (sulfide) groups is 1. The summed E-state index contributed by atoms with van der Waals surface area (Å²) in [5.74, 6) is 0. The minimum Gasteiger partial charge on any atom is -0.385 e. The fraction of sp³-hybridized carbons (Fsp3) is 0.500. The highest BCUT2D eigenvalue weighted by Gasteiger charge is 2.45. The van der Waals surface area contributed by atoms with Gasteiger partial charge >= 0.3 is 0 Å². The molecule has 3 aliphatic rings. The molecular weight excluding hydrogens is 240 g/mol. The highest BCUT2D eigenvalue weighted by molar-refractivity contribution is 8.00. The van der Waals surface area contributed by atoms with E-state index in [1.807, 2.05) is 0 Å². The molecule has 94 valence electrons. The molecule has 2 fully saturated rings. The van der Waals surface area contributed by atoms with Gasteiger partial charge in [0, 0.05) is 10.5 Å². The lowest BCUT2D eigenvalue weighted by Gasteiger charge is -2.37. The van der Waals surface area contributed by atoms with E-state index in [1.54, 1.807) is 0 Å². The zero-order valence-corrected chi connectivity index (χ0v) is 11.2. The van der Waals surface area contributed by atoms with Crippen LogP contribution in [0.2, 0.25) is 0 Å². The summed E-state index contributed by atoms with van der Waals surface area (Å²) in [6.07, 6.45) is 9.89. The molecule has 18 heavy (non-hydrogen) atoms. The molecule has 1 aromatic rings. The van der Waals surface area contributed by atoms with Crippen molar-refractivity contribution < 1.29 is 5.11 Å². The Kier molecular flexibility index (Phi) is 2.40. The van der Waals surface area contributed by atoms with Gasteiger partial charge in [0.05, 0.1) is 5.60 Å². The van der Waals surface area contributed by atoms with Gasteiger partial charge in [0.25, 0.3) is 0 Å². The molecule has 0 aromatic heterocycles. The molecule has 1 aliphatic carbocycles. The van der Waals surface area contributed by atoms with Gasteiger partial charge in [0.1, 0.15) is 0 Å². The molecule has 2 aliphatic heterocycles. The summed E-state index contributed by atoms with van der Waals surface area (Å²) in [5.41, 5.74) is 3.33. The van der Waals surface area contributed by atoms with E-state index in [0.29, 0.717) is 10.5 Å². The van der Waals surface area contributed by atoms with Crippen LogP contribution in [0, 0.1) is 0 Å². The van der Waals surface area contributed by atoms with Crippen LogP contribution in [0.25, 0.3) is 6.08 Å². The summed E-state index contributed by atoms with van der Waals surface area (Å²) in [5, 5.41) is 12.5. The summed E-state index contributed by atoms with van der Waals surface area (Å²) in [4.78, 5) is 0. The average Bonchev–Trinajstić information content (AvgIpc) is 2.95. The maximum atomic E-state index is 11.1. The molecule has 1 N–H and O–H groups in total. The molecule has 2 saturated heterocycles. The topological polar surface area (TPSA) is 20.2 Å². The molecule has 2 unspecified atom stereocenters. The highest BCUT2D eigenvalue weighted by Crippen LogP contribution is 2.52. The van der Waals surface area contributed by atoms with E-state index in [0.717, 1.165) is 19.3 Å². The lowest BCUT2D eigenvalue weighted by molar-refractivity contribution is 0.0189. The van der Waals surface area contributed by atoms with Gasteiger partial charge in [-0.2, -0.15) is 11.8 Å². The van der Waals surface area contributed by atoms with Gasteiger partial charge in [0.2, 0.25) is 0 Å². The summed E-state index contributed by atoms with van der Waals surface area (Å²) < 4.78 is 0. The number of allylic oxidation sites excluding steroid dienone is 1. The smallest absolute Gasteiger partial charge is 0.0920 e. The van der Waals surface area contributed by atoms with Gasteiger partial charge in [-0.15, -0.1) is 0 Å². The predicted molar refractivity (Wildman–Crippen MR) is 76.7 cm³/mol. The molecule has 0 spiro atoms. The molecule has 2 atom stereocenters. The fourth-order valence-electron chi connectivity index (χ4n) is 3.87. The van der Waals surface area contributed by atoms with Crippen LogP contribution in [0.1, 0.15) is 42.4 Å². The van der Waals surface area contributed by atoms with Gasteiger partial charge in [-0.3, -0.25) is 0 Å². The zero-order chi connectivity index (χ0) is 12.2. The van der Waals surface area contributed by atoms with Crippen LogP contribution < -0.4 is 0 Å². The molecule has 0 radical (unpaired) electrons. The van der Waals surface area contributed by atoms with Gasteiger partial charge < -0.3 is 5.11 Å². The van der Waals surface area contributed by atoms with Crippen molar-refractivity contribution in [1.29, 1.82) is 0 Å². The second-order valence-electron chi connectivity index (χ2n) is 5.88. The van der Waals surface area contributed by atoms with Crippen molar-refractivity contribution in [3.8, 4) is 0 Å². The molecule has 1 nitrogen and oxygen atoms in total. The molecule has 1 aromatic carbocycles. The summed E-state index contributed by atoms with van der Waals surface area (Å²) in [6, 6.07) is 6.42. The molecule has 2 heteroatoms. The Morgan fingerprint density at radius 1 is 1.17 bits per heavy atom. The third-order valence-corrected chi connectivity index (χ3v) is 6.23. The molecule has 2 heterocycles. The van der Waals surface area contributed by atoms with E-state index in [1.165, 1.54) is 29.5 Å². The first-order chi connectivity index (χ1) is 8.74. The fourth-order valence-corrected chi connectivity index (χ4v) is 5.70. The lowest BCUT2D eigenvalue weighted by atomic mass is 9.82. The molecule has 4 rings (SSSR count). The van der Waals surface area contributed by atoms with E-state index < -0.39 is 5.60 Å². The SMILES string of the molecule is OC1(c2cccc3c2CC=C3)CC2CCC(C1)S2. The Bertz CT molecular complexity index is 508. The largest absolute Gasteiger partial charge is 0.385 e. The summed E-state index contributed by atoms with van der Waals surface area (Å²) in [6.45, 7) is 0. The summed E-state index contributed by atoms with van der Waals surface area (Å²) >= 11 is 2.11. The standard InChI is InChI=1S/C16H18OS/c17-16(9-12-7-8-13(10-16)18-12)15-6-2-4-11-3-1-5-14(11)15/h1-4,6,12-13,17H,5,7-10H2. The Labute approximate surface area is 112 Å². The van der Waals surface area contributed by atoms with Crippen molar-refractivity contribution >= 4 is 17.8 Å². The van der Waals surface area contributed by atoms with Crippen LogP contribution >= 0.6 is 11.8 Å². The van der Waals surface area contributed by atoms with Crippen molar-refractivity contribution in [1.82, 2.24) is 0 Å². The van der Waals surface area contributed by atoms with Gasteiger partial charge in [0.15, 0.2) is 0 Å². The maximum Gasteiger partial charge on any atom is 0.0920 e. The Morgan fingerprint density at radius 3 is 2.72 bits per heavy atom. The average molecular weight is 258 g/mol. The Balaban J connectivity index is 1.77. The minimum absolute atomic E-state index is 0.561. The highest BCUT2D eigenvalue weighted by atomic mass is 32.2. The van der Waals surface area contributed by atoms with E-state index in [2.05, 4.69) is 42.1 Å². The molecule has 0 saturated carbocycles. The molecule has 0 amide bonds. The predicted octanol–water partition coefficient (Wildman–Crippen LogP) is 3.50. The number of benzene rings is 1. The first-order valence-electron chi connectivity index (χ1n) is 6.91. The number of hydrogen-bond acceptors (Lipinski definition) is 2. The Morgan fingerprint density at radius 2 is 1.94 bits per heavy atom. The number of rotatable bonds is 1. The molecule has 2 bridgehead atoms. The van der Waals surface area contributed by atoms with Gasteiger partial charge in [-0.05, 0) is 48.8 Å². The van der Waals surface area contributed by atoms with E-state index in [9.17, 15) is 5.11 Å². The first kappa shape index (κ1) is 11.1. The van der Waals surface area contributed by atoms with Crippen LogP contribution in [0.15, 0.2) is 24.3 Å². The number of hydrogen-bond donors (Lipinski definition) is 1. The monoisotopic (exact) mass is 258 g/mol. The number of aliphatic hydroxyl groups is 1. The zero-order valence-electron chi connectivity index (χ0n) is 10.4. The normalized spacial score (nSPS) is 36.9. The van der Waals surface area contributed by atoms with E-state index in [4.69, 9.17) is 0 Å². The third kappa shape index (κ3) is 1.59. The van der Waals surface area contributed by atoms with Crippen LogP contribution in [0.3, 0.4) is 0 Å². The van der Waals surface area contributed by atoms with Crippen LogP contribution in [-0.4, -0.2) is 15.6 Å². The van der Waals surface area contributed by atoms with Crippen molar-refractivity contribution in [3.05, 3.63) is 41.0 Å². The first-order valence-corrected chi connectivity index (χ1v) is 7.86. The lowest BCUT2D eigenvalue weighted by Crippen LogP contribution is -2.35. The Hall–Kier alpha value is -0.730. The quantitative estimate of drug-likeness (QED) is 0.832. The van der Waals surface area contributed by atoms with Crippen molar-refractivity contribution in [3.63, 3.8) is 0 Å². The second kappa shape index (κ2) is 3.88. The minimum atomic E-state index is -0.561. The summed E-state index contributed by atoms with van der Waals surface area (Å²) in [7, 11) is 0. The van der Waals surface area contributed by atoms with Gasteiger partial charge in [-0.25, -0.2) is 0 Å². The second-order valence-corrected chi connectivity index (χ2v) is 7.48. The van der Waals surface area contributed by atoms with Crippen molar-refractivity contribution in [2.24, 2.45) is 0 Å². The number of fused-ring (bicyclic) bond motifs is 3. The molecular formula is C16H18OS. The van der Waals surface area contributed by atoms with Crippen LogP contribution in [0.5, 0.6) is 0 Å². The van der Waals surface area contributed by atoms with E-state index >= 15 is 0 Å². The maximum absolute atomic E-state index is 11.1. The van der Waals surface area contributed by atoms with Crippen LogP contribution in [0.4, 0.5) is 0 Å². The van der Waals surface area contributed by atoms with E-state index in [-0.39, 0.29) is 0 Å². The van der Waals surface area contributed by atoms with Crippen molar-refractivity contribution in [2.75, 3.05) is 0 Å². The van der Waals surface area contributed by atoms with Crippen LogP contribution in [-0.2, 0) is 12.0 Å². The van der Waals surface area contributed by atoms with Gasteiger partial charge in [-0.1, -0.05) is 30.4 Å². The third-order valence-electron chi connectivity index (χ3n) is 4.66.